The van der Waals surface area contributed by atoms with Gasteiger partial charge >= 0.3 is 0 Å². The predicted octanol–water partition coefficient (Wildman–Crippen LogP) is 3.32. The molecule has 0 aliphatic carbocycles. The van der Waals surface area contributed by atoms with Crippen LogP contribution in [0.3, 0.4) is 0 Å². The molecule has 2 aromatic heterocycles. The molecule has 3 aliphatic rings. The number of carbonyl (C=O) groups excluding carboxylic acids is 2. The maximum absolute atomic E-state index is 13.3. The summed E-state index contributed by atoms with van der Waals surface area (Å²) in [6.07, 6.45) is 8.28. The Morgan fingerprint density at radius 1 is 0.935 bits per heavy atom. The summed E-state index contributed by atoms with van der Waals surface area (Å²) in [6.45, 7) is 3.94. The topological polar surface area (TPSA) is 71.3 Å². The van der Waals surface area contributed by atoms with E-state index in [1.54, 1.807) is 0 Å². The number of carbonyl (C=O) groups is 2. The quantitative estimate of drug-likeness (QED) is 0.733. The Labute approximate surface area is 187 Å². The molecule has 0 spiro atoms. The minimum Gasteiger partial charge on any atom is -0.342 e. The van der Waals surface area contributed by atoms with Crippen LogP contribution in [0.4, 0.5) is 0 Å². The maximum atomic E-state index is 13.3. The fraction of sp³-hybridized carbons (Fsp3) is 0.652. The van der Waals surface area contributed by atoms with Gasteiger partial charge in [-0.1, -0.05) is 12.5 Å². The lowest BCUT2D eigenvalue weighted by molar-refractivity contribution is -0.138. The average molecular weight is 442 g/mol. The molecule has 2 aromatic rings. The summed E-state index contributed by atoms with van der Waals surface area (Å²) < 4.78 is 2.33. The SMILES string of the molecule is O=C(c1cccs1)N1CCC(C(=O)N2CCC[C@H](c3nnc4n3CCCCC4)C2)CC1. The van der Waals surface area contributed by atoms with Crippen LogP contribution in [-0.2, 0) is 17.8 Å². The zero-order valence-corrected chi connectivity index (χ0v) is 18.9. The van der Waals surface area contributed by atoms with Crippen molar-refractivity contribution in [3.63, 3.8) is 0 Å². The van der Waals surface area contributed by atoms with Gasteiger partial charge in [-0.25, -0.2) is 0 Å². The summed E-state index contributed by atoms with van der Waals surface area (Å²) in [5, 5.41) is 11.0. The number of hydrogen-bond acceptors (Lipinski definition) is 5. The Balaban J connectivity index is 1.20. The summed E-state index contributed by atoms with van der Waals surface area (Å²) in [6, 6.07) is 3.79. The molecule has 166 valence electrons. The second kappa shape index (κ2) is 9.10. The third-order valence-corrected chi connectivity index (χ3v) is 7.96. The summed E-state index contributed by atoms with van der Waals surface area (Å²) in [5.74, 6) is 2.90. The summed E-state index contributed by atoms with van der Waals surface area (Å²) >= 11 is 1.48. The van der Waals surface area contributed by atoms with Crippen molar-refractivity contribution in [1.29, 1.82) is 0 Å². The van der Waals surface area contributed by atoms with E-state index in [0.29, 0.717) is 13.1 Å². The van der Waals surface area contributed by atoms with Gasteiger partial charge in [0, 0.05) is 51.0 Å². The lowest BCUT2D eigenvalue weighted by Gasteiger charge is -2.37. The number of likely N-dealkylation sites (tertiary alicyclic amines) is 2. The van der Waals surface area contributed by atoms with Gasteiger partial charge in [-0.3, -0.25) is 9.59 Å². The van der Waals surface area contributed by atoms with Crippen molar-refractivity contribution in [3.05, 3.63) is 34.0 Å². The maximum Gasteiger partial charge on any atom is 0.263 e. The van der Waals surface area contributed by atoms with Crippen LogP contribution in [-0.4, -0.2) is 62.6 Å². The molecule has 1 atom stereocenters. The third-order valence-electron chi connectivity index (χ3n) is 7.10. The number of nitrogens with zero attached hydrogens (tertiary/aromatic N) is 5. The van der Waals surface area contributed by atoms with Crippen molar-refractivity contribution in [2.45, 2.75) is 63.8 Å². The van der Waals surface area contributed by atoms with Gasteiger partial charge in [0.1, 0.15) is 11.6 Å². The normalized spacial score (nSPS) is 22.8. The minimum atomic E-state index is 0.0293. The first-order valence-corrected chi connectivity index (χ1v) is 12.6. The smallest absolute Gasteiger partial charge is 0.263 e. The van der Waals surface area contributed by atoms with E-state index in [0.717, 1.165) is 68.3 Å². The van der Waals surface area contributed by atoms with Gasteiger partial charge in [0.05, 0.1) is 4.88 Å². The number of piperidine rings is 2. The van der Waals surface area contributed by atoms with Crippen molar-refractivity contribution in [3.8, 4) is 0 Å². The fourth-order valence-electron chi connectivity index (χ4n) is 5.34. The zero-order valence-electron chi connectivity index (χ0n) is 18.0. The fourth-order valence-corrected chi connectivity index (χ4v) is 6.03. The molecule has 0 saturated carbocycles. The number of aromatic nitrogens is 3. The molecule has 0 bridgehead atoms. The van der Waals surface area contributed by atoms with E-state index >= 15 is 0 Å². The minimum absolute atomic E-state index is 0.0293. The molecule has 0 aromatic carbocycles. The highest BCUT2D eigenvalue weighted by Crippen LogP contribution is 2.30. The number of rotatable bonds is 3. The third kappa shape index (κ3) is 4.27. The van der Waals surface area contributed by atoms with Gasteiger partial charge in [0.25, 0.3) is 5.91 Å². The van der Waals surface area contributed by atoms with Gasteiger partial charge in [0.2, 0.25) is 5.91 Å². The van der Waals surface area contributed by atoms with Crippen molar-refractivity contribution in [2.24, 2.45) is 5.92 Å². The average Bonchev–Trinajstić information content (AvgIpc) is 3.44. The summed E-state index contributed by atoms with van der Waals surface area (Å²) in [7, 11) is 0. The van der Waals surface area contributed by atoms with E-state index in [9.17, 15) is 9.59 Å². The molecule has 2 saturated heterocycles. The zero-order chi connectivity index (χ0) is 21.2. The molecule has 5 heterocycles. The number of amides is 2. The largest absolute Gasteiger partial charge is 0.342 e. The predicted molar refractivity (Wildman–Crippen MR) is 119 cm³/mol. The van der Waals surface area contributed by atoms with E-state index in [2.05, 4.69) is 19.7 Å². The molecule has 0 N–H and O–H groups in total. The molecule has 0 radical (unpaired) electrons. The molecule has 7 nitrogen and oxygen atoms in total. The van der Waals surface area contributed by atoms with Gasteiger partial charge < -0.3 is 14.4 Å². The van der Waals surface area contributed by atoms with Crippen molar-refractivity contribution in [2.75, 3.05) is 26.2 Å². The van der Waals surface area contributed by atoms with E-state index < -0.39 is 0 Å². The Bertz CT molecular complexity index is 917. The lowest BCUT2D eigenvalue weighted by atomic mass is 9.91. The van der Waals surface area contributed by atoms with Crippen LogP contribution in [0, 0.1) is 5.92 Å². The first-order chi connectivity index (χ1) is 15.2. The van der Waals surface area contributed by atoms with Gasteiger partial charge in [-0.05, 0) is 50.0 Å². The molecule has 3 aliphatic heterocycles. The Kier molecular flexibility index (Phi) is 6.07. The lowest BCUT2D eigenvalue weighted by Crippen LogP contribution is -2.47. The molecular formula is C23H31N5O2S. The van der Waals surface area contributed by atoms with Crippen molar-refractivity contribution >= 4 is 23.2 Å². The Morgan fingerprint density at radius 2 is 1.81 bits per heavy atom. The first kappa shape index (κ1) is 20.7. The summed E-state index contributed by atoms with van der Waals surface area (Å²) in [5.41, 5.74) is 0. The van der Waals surface area contributed by atoms with Crippen LogP contribution in [0.25, 0.3) is 0 Å². The van der Waals surface area contributed by atoms with E-state index in [4.69, 9.17) is 0 Å². The van der Waals surface area contributed by atoms with Crippen LogP contribution in [0.5, 0.6) is 0 Å². The number of hydrogen-bond donors (Lipinski definition) is 0. The van der Waals surface area contributed by atoms with Crippen molar-refractivity contribution < 1.29 is 9.59 Å². The van der Waals surface area contributed by atoms with Gasteiger partial charge in [-0.15, -0.1) is 21.5 Å². The highest BCUT2D eigenvalue weighted by molar-refractivity contribution is 7.12. The molecular weight excluding hydrogens is 410 g/mol. The van der Waals surface area contributed by atoms with Crippen LogP contribution in [0.15, 0.2) is 17.5 Å². The summed E-state index contributed by atoms with van der Waals surface area (Å²) in [4.78, 5) is 30.6. The highest BCUT2D eigenvalue weighted by atomic mass is 32.1. The van der Waals surface area contributed by atoms with E-state index in [-0.39, 0.29) is 23.7 Å². The number of aryl methyl sites for hydroxylation is 1. The van der Waals surface area contributed by atoms with Crippen molar-refractivity contribution in [1.82, 2.24) is 24.6 Å². The number of fused-ring (bicyclic) bond motifs is 1. The molecule has 0 unspecified atom stereocenters. The first-order valence-electron chi connectivity index (χ1n) is 11.7. The second-order valence-electron chi connectivity index (χ2n) is 9.10. The Hall–Kier alpha value is -2.22. The molecule has 2 amide bonds. The van der Waals surface area contributed by atoms with Crippen LogP contribution in [0.1, 0.15) is 72.2 Å². The van der Waals surface area contributed by atoms with Crippen LogP contribution >= 0.6 is 11.3 Å². The second-order valence-corrected chi connectivity index (χ2v) is 10.1. The standard InChI is InChI=1S/C23H31N5O2S/c29-22(17-9-13-26(14-10-17)23(30)19-7-5-15-31-19)27-11-4-6-18(16-27)21-25-24-20-8-2-1-3-12-28(20)21/h5,7,15,17-18H,1-4,6,8-14,16H2/t18-/m0/s1. The molecule has 31 heavy (non-hydrogen) atoms. The molecule has 5 rings (SSSR count). The molecule has 2 fully saturated rings. The van der Waals surface area contributed by atoms with E-state index in [1.165, 1.54) is 30.6 Å². The van der Waals surface area contributed by atoms with Crippen LogP contribution in [0.2, 0.25) is 0 Å². The molecule has 8 heteroatoms. The Morgan fingerprint density at radius 3 is 2.61 bits per heavy atom. The van der Waals surface area contributed by atoms with Gasteiger partial charge in [-0.2, -0.15) is 0 Å². The monoisotopic (exact) mass is 441 g/mol. The van der Waals surface area contributed by atoms with Crippen LogP contribution < -0.4 is 0 Å². The van der Waals surface area contributed by atoms with Gasteiger partial charge in [0.15, 0.2) is 0 Å². The number of thiophene rings is 1. The highest BCUT2D eigenvalue weighted by Gasteiger charge is 2.34. The van der Waals surface area contributed by atoms with E-state index in [1.807, 2.05) is 22.4 Å².